The van der Waals surface area contributed by atoms with Crippen LogP contribution in [-0.4, -0.2) is 11.9 Å². The molecule has 0 aromatic heterocycles. The maximum absolute atomic E-state index is 11.8. The van der Waals surface area contributed by atoms with Crippen molar-refractivity contribution in [2.75, 3.05) is 4.90 Å². The number of nitrogens with zero attached hydrogens (tertiary/aromatic N) is 1. The smallest absolute Gasteiger partial charge is 0.224 e. The Morgan fingerprint density at radius 2 is 1.60 bits per heavy atom. The molecule has 0 fully saturated rings. The Bertz CT molecular complexity index is 605. The third-order valence-corrected chi connectivity index (χ3v) is 2.98. The van der Waals surface area contributed by atoms with Crippen LogP contribution in [-0.2, 0) is 11.3 Å². The number of carboxylic acids is 1. The summed E-state index contributed by atoms with van der Waals surface area (Å²) >= 11 is 0. The van der Waals surface area contributed by atoms with Crippen LogP contribution in [0.5, 0.6) is 0 Å². The Morgan fingerprint density at radius 1 is 1.00 bits per heavy atom. The molecule has 0 unspecified atom stereocenters. The van der Waals surface area contributed by atoms with Crippen molar-refractivity contribution in [2.45, 2.75) is 13.5 Å². The van der Waals surface area contributed by atoms with Crippen LogP contribution in [0, 0.1) is 0 Å². The zero-order chi connectivity index (χ0) is 14.5. The van der Waals surface area contributed by atoms with Crippen molar-refractivity contribution in [1.82, 2.24) is 0 Å². The number of carbonyl (C=O) groups is 2. The molecule has 2 aromatic carbocycles. The van der Waals surface area contributed by atoms with Crippen molar-refractivity contribution in [3.05, 3.63) is 65.7 Å². The Balaban J connectivity index is 2.25. The highest BCUT2D eigenvalue weighted by atomic mass is 16.4. The van der Waals surface area contributed by atoms with Gasteiger partial charge < -0.3 is 14.8 Å². The van der Waals surface area contributed by atoms with Crippen LogP contribution in [0.3, 0.4) is 0 Å². The van der Waals surface area contributed by atoms with Crippen molar-refractivity contribution in [3.63, 3.8) is 0 Å². The molecule has 102 valence electrons. The highest BCUT2D eigenvalue weighted by molar-refractivity contribution is 5.92. The topological polar surface area (TPSA) is 60.4 Å². The molecule has 20 heavy (non-hydrogen) atoms. The van der Waals surface area contributed by atoms with Gasteiger partial charge in [0.15, 0.2) is 0 Å². The lowest BCUT2D eigenvalue weighted by Crippen LogP contribution is -2.28. The van der Waals surface area contributed by atoms with E-state index >= 15 is 0 Å². The van der Waals surface area contributed by atoms with E-state index < -0.39 is 5.97 Å². The number of anilines is 1. The summed E-state index contributed by atoms with van der Waals surface area (Å²) in [7, 11) is 0. The molecule has 4 heteroatoms. The zero-order valence-electron chi connectivity index (χ0n) is 11.1. The number of benzene rings is 2. The second-order valence-electron chi connectivity index (χ2n) is 4.43. The molecule has 0 N–H and O–H groups in total. The first-order chi connectivity index (χ1) is 9.58. The fourth-order valence-corrected chi connectivity index (χ4v) is 1.93. The molecule has 0 saturated carbocycles. The van der Waals surface area contributed by atoms with Gasteiger partial charge in [0.1, 0.15) is 0 Å². The van der Waals surface area contributed by atoms with Gasteiger partial charge in [-0.15, -0.1) is 0 Å². The van der Waals surface area contributed by atoms with Crippen molar-refractivity contribution in [1.29, 1.82) is 0 Å². The largest absolute Gasteiger partial charge is 0.545 e. The number of carbonyl (C=O) groups excluding carboxylic acids is 2. The molecule has 1 amide bonds. The summed E-state index contributed by atoms with van der Waals surface area (Å²) < 4.78 is 0. The van der Waals surface area contributed by atoms with Gasteiger partial charge in [-0.3, -0.25) is 4.79 Å². The summed E-state index contributed by atoms with van der Waals surface area (Å²) in [4.78, 5) is 24.1. The third kappa shape index (κ3) is 3.23. The van der Waals surface area contributed by atoms with Gasteiger partial charge in [0.25, 0.3) is 0 Å². The molecule has 0 aliphatic carbocycles. The molecule has 0 heterocycles. The highest BCUT2D eigenvalue weighted by Gasteiger charge is 2.11. The standard InChI is InChI=1S/C16H15NO3/c1-12(18)17(11-13-5-3-2-4-6-13)15-9-7-14(8-10-15)16(19)20/h2-10H,11H2,1H3,(H,19,20)/p-1. The first-order valence-corrected chi connectivity index (χ1v) is 6.21. The molecule has 4 nitrogen and oxygen atoms in total. The number of amides is 1. The highest BCUT2D eigenvalue weighted by Crippen LogP contribution is 2.18. The zero-order valence-corrected chi connectivity index (χ0v) is 11.1. The average Bonchev–Trinajstić information content (AvgIpc) is 2.45. The maximum Gasteiger partial charge on any atom is 0.224 e. The van der Waals surface area contributed by atoms with Crippen LogP contribution in [0.25, 0.3) is 0 Å². The molecular weight excluding hydrogens is 254 g/mol. The van der Waals surface area contributed by atoms with Crippen LogP contribution in [0.1, 0.15) is 22.8 Å². The first kappa shape index (κ1) is 13.8. The number of aromatic carboxylic acids is 1. The molecule has 0 aliphatic rings. The minimum absolute atomic E-state index is 0.0944. The van der Waals surface area contributed by atoms with Gasteiger partial charge in [0, 0.05) is 12.6 Å². The SMILES string of the molecule is CC(=O)N(Cc1ccccc1)c1ccc(C(=O)[O-])cc1. The van der Waals surface area contributed by atoms with Crippen LogP contribution >= 0.6 is 0 Å². The van der Waals surface area contributed by atoms with E-state index in [1.165, 1.54) is 19.1 Å². The summed E-state index contributed by atoms with van der Waals surface area (Å²) in [6.45, 7) is 1.93. The van der Waals surface area contributed by atoms with Gasteiger partial charge in [-0.2, -0.15) is 0 Å². The molecule has 0 radical (unpaired) electrons. The lowest BCUT2D eigenvalue weighted by molar-refractivity contribution is -0.255. The second kappa shape index (κ2) is 6.02. The molecule has 0 bridgehead atoms. The van der Waals surface area contributed by atoms with Gasteiger partial charge in [0.05, 0.1) is 12.5 Å². The lowest BCUT2D eigenvalue weighted by Gasteiger charge is -2.21. The summed E-state index contributed by atoms with van der Waals surface area (Å²) in [5.41, 5.74) is 1.76. The maximum atomic E-state index is 11.8. The quantitative estimate of drug-likeness (QED) is 0.846. The van der Waals surface area contributed by atoms with E-state index in [4.69, 9.17) is 0 Å². The Morgan fingerprint density at radius 3 is 2.10 bits per heavy atom. The van der Waals surface area contributed by atoms with Crippen LogP contribution in [0.4, 0.5) is 5.69 Å². The van der Waals surface area contributed by atoms with E-state index in [0.717, 1.165) is 5.56 Å². The number of hydrogen-bond donors (Lipinski definition) is 0. The predicted molar refractivity (Wildman–Crippen MR) is 74.1 cm³/mol. The van der Waals surface area contributed by atoms with Gasteiger partial charge in [-0.25, -0.2) is 0 Å². The summed E-state index contributed by atoms with van der Waals surface area (Å²) in [5.74, 6) is -1.33. The third-order valence-electron chi connectivity index (χ3n) is 2.98. The molecule has 0 atom stereocenters. The predicted octanol–water partition coefficient (Wildman–Crippen LogP) is 1.60. The van der Waals surface area contributed by atoms with E-state index in [1.807, 2.05) is 30.3 Å². The monoisotopic (exact) mass is 268 g/mol. The lowest BCUT2D eigenvalue weighted by atomic mass is 10.1. The molecular formula is C16H14NO3-. The van der Waals surface area contributed by atoms with Crippen molar-refractivity contribution < 1.29 is 14.7 Å². The molecule has 0 saturated heterocycles. The number of rotatable bonds is 4. The fraction of sp³-hybridized carbons (Fsp3) is 0.125. The van der Waals surface area contributed by atoms with Crippen molar-refractivity contribution in [3.8, 4) is 0 Å². The van der Waals surface area contributed by atoms with Crippen LogP contribution in [0.15, 0.2) is 54.6 Å². The van der Waals surface area contributed by atoms with Crippen molar-refractivity contribution in [2.24, 2.45) is 0 Å². The summed E-state index contributed by atoms with van der Waals surface area (Å²) in [5, 5.41) is 10.7. The van der Waals surface area contributed by atoms with Gasteiger partial charge in [0.2, 0.25) is 5.91 Å². The summed E-state index contributed by atoms with van der Waals surface area (Å²) in [6.07, 6.45) is 0. The Hall–Kier alpha value is -2.62. The Labute approximate surface area is 117 Å². The number of hydrogen-bond acceptors (Lipinski definition) is 3. The van der Waals surface area contributed by atoms with E-state index in [9.17, 15) is 14.7 Å². The molecule has 2 rings (SSSR count). The molecule has 0 spiro atoms. The average molecular weight is 268 g/mol. The van der Waals surface area contributed by atoms with Gasteiger partial charge in [-0.05, 0) is 23.3 Å². The normalized spacial score (nSPS) is 10.1. The molecule has 0 aliphatic heterocycles. The van der Waals surface area contributed by atoms with Crippen LogP contribution in [0.2, 0.25) is 0 Å². The van der Waals surface area contributed by atoms with Crippen LogP contribution < -0.4 is 10.0 Å². The van der Waals surface area contributed by atoms with E-state index in [0.29, 0.717) is 12.2 Å². The fourth-order valence-electron chi connectivity index (χ4n) is 1.93. The minimum atomic E-state index is -1.23. The van der Waals surface area contributed by atoms with Gasteiger partial charge >= 0.3 is 0 Å². The van der Waals surface area contributed by atoms with E-state index in [1.54, 1.807) is 17.0 Å². The summed E-state index contributed by atoms with van der Waals surface area (Å²) in [6, 6.07) is 15.7. The first-order valence-electron chi connectivity index (χ1n) is 6.21. The van der Waals surface area contributed by atoms with Gasteiger partial charge in [-0.1, -0.05) is 42.5 Å². The second-order valence-corrected chi connectivity index (χ2v) is 4.43. The number of carboxylic acid groups (broad SMARTS) is 1. The van der Waals surface area contributed by atoms with E-state index in [-0.39, 0.29) is 11.5 Å². The minimum Gasteiger partial charge on any atom is -0.545 e. The Kier molecular flexibility index (Phi) is 4.15. The van der Waals surface area contributed by atoms with E-state index in [2.05, 4.69) is 0 Å². The van der Waals surface area contributed by atoms with Crippen molar-refractivity contribution >= 4 is 17.6 Å². The molecule has 2 aromatic rings.